The summed E-state index contributed by atoms with van der Waals surface area (Å²) in [5, 5.41) is 7.81. The first-order valence-electron chi connectivity index (χ1n) is 6.47. The molecule has 0 aliphatic rings. The molecule has 1 heterocycles. The van der Waals surface area contributed by atoms with Crippen LogP contribution in [-0.2, 0) is 16.1 Å². The highest BCUT2D eigenvalue weighted by atomic mass is 32.1. The van der Waals surface area contributed by atoms with Gasteiger partial charge in [-0.05, 0) is 30.0 Å². The van der Waals surface area contributed by atoms with Crippen LogP contribution in [-0.4, -0.2) is 18.0 Å². The number of ether oxygens (including phenoxy) is 1. The van der Waals surface area contributed by atoms with E-state index in [1.54, 1.807) is 13.0 Å². The number of hydrogen-bond acceptors (Lipinski definition) is 4. The lowest BCUT2D eigenvalue weighted by molar-refractivity contribution is -0.117. The Morgan fingerprint density at radius 2 is 1.95 bits per heavy atom. The van der Waals surface area contributed by atoms with E-state index in [9.17, 15) is 9.59 Å². The number of carbonyl (C=O) groups excluding carboxylic acids is 2. The van der Waals surface area contributed by atoms with Gasteiger partial charge < -0.3 is 15.4 Å². The number of alkyl carbamates (subject to hydrolysis) is 1. The topological polar surface area (TPSA) is 67.4 Å². The molecule has 0 radical (unpaired) electrons. The molecule has 2 aromatic rings. The zero-order chi connectivity index (χ0) is 15.1. The van der Waals surface area contributed by atoms with Gasteiger partial charge in [0.2, 0.25) is 5.91 Å². The molecule has 2 rings (SSSR count). The molecule has 0 aliphatic carbocycles. The Balaban J connectivity index is 1.75. The molecule has 1 aromatic heterocycles. The van der Waals surface area contributed by atoms with Crippen LogP contribution in [0, 0.1) is 0 Å². The SMILES string of the molecule is C[C@H](NC(=O)OCc1ccccc1)C(=O)Nc1cccs1. The first-order chi connectivity index (χ1) is 10.1. The standard InChI is InChI=1S/C15H16N2O3S/c1-11(14(18)17-13-8-5-9-21-13)16-15(19)20-10-12-6-3-2-4-7-12/h2-9,11H,10H2,1H3,(H,16,19)(H,17,18)/t11-/m0/s1. The normalized spacial score (nSPS) is 11.5. The van der Waals surface area contributed by atoms with E-state index in [2.05, 4.69) is 10.6 Å². The molecule has 6 heteroatoms. The van der Waals surface area contributed by atoms with E-state index in [4.69, 9.17) is 4.74 Å². The van der Waals surface area contributed by atoms with Crippen LogP contribution in [0.4, 0.5) is 9.80 Å². The van der Waals surface area contributed by atoms with Crippen molar-refractivity contribution in [3.05, 3.63) is 53.4 Å². The fourth-order valence-electron chi connectivity index (χ4n) is 1.59. The van der Waals surface area contributed by atoms with Gasteiger partial charge in [0.15, 0.2) is 0 Å². The van der Waals surface area contributed by atoms with Gasteiger partial charge in [-0.25, -0.2) is 4.79 Å². The summed E-state index contributed by atoms with van der Waals surface area (Å²) in [4.78, 5) is 23.5. The van der Waals surface area contributed by atoms with Crippen molar-refractivity contribution in [3.8, 4) is 0 Å². The van der Waals surface area contributed by atoms with Crippen LogP contribution in [0.15, 0.2) is 47.8 Å². The molecule has 5 nitrogen and oxygen atoms in total. The Labute approximate surface area is 126 Å². The van der Waals surface area contributed by atoms with Crippen molar-refractivity contribution in [3.63, 3.8) is 0 Å². The highest BCUT2D eigenvalue weighted by Crippen LogP contribution is 2.14. The van der Waals surface area contributed by atoms with Crippen LogP contribution in [0.5, 0.6) is 0 Å². The molecule has 0 spiro atoms. The Kier molecular flexibility index (Phi) is 5.34. The Morgan fingerprint density at radius 1 is 1.19 bits per heavy atom. The number of carbonyl (C=O) groups is 2. The molecular weight excluding hydrogens is 288 g/mol. The smallest absolute Gasteiger partial charge is 0.408 e. The van der Waals surface area contributed by atoms with Gasteiger partial charge in [-0.15, -0.1) is 11.3 Å². The maximum Gasteiger partial charge on any atom is 0.408 e. The van der Waals surface area contributed by atoms with Gasteiger partial charge in [-0.1, -0.05) is 30.3 Å². The predicted octanol–water partition coefficient (Wildman–Crippen LogP) is 3.00. The summed E-state index contributed by atoms with van der Waals surface area (Å²) in [5.41, 5.74) is 0.892. The van der Waals surface area contributed by atoms with Crippen LogP contribution < -0.4 is 10.6 Å². The lowest BCUT2D eigenvalue weighted by Crippen LogP contribution is -2.41. The molecule has 2 N–H and O–H groups in total. The van der Waals surface area contributed by atoms with E-state index in [1.807, 2.05) is 41.8 Å². The molecular formula is C15H16N2O3S. The van der Waals surface area contributed by atoms with Gasteiger partial charge in [0, 0.05) is 0 Å². The van der Waals surface area contributed by atoms with Gasteiger partial charge in [0.25, 0.3) is 0 Å². The molecule has 2 amide bonds. The summed E-state index contributed by atoms with van der Waals surface area (Å²) in [6.45, 7) is 1.78. The number of rotatable bonds is 5. The van der Waals surface area contributed by atoms with Crippen molar-refractivity contribution in [1.29, 1.82) is 0 Å². The second-order valence-electron chi connectivity index (χ2n) is 4.39. The monoisotopic (exact) mass is 304 g/mol. The third-order valence-corrected chi connectivity index (χ3v) is 3.49. The van der Waals surface area contributed by atoms with E-state index >= 15 is 0 Å². The minimum atomic E-state index is -0.671. The summed E-state index contributed by atoms with van der Waals surface area (Å²) < 4.78 is 5.06. The number of benzene rings is 1. The second kappa shape index (κ2) is 7.44. The van der Waals surface area contributed by atoms with Crippen LogP contribution in [0.3, 0.4) is 0 Å². The number of nitrogens with one attached hydrogen (secondary N) is 2. The maximum atomic E-state index is 11.8. The fraction of sp³-hybridized carbons (Fsp3) is 0.200. The van der Waals surface area contributed by atoms with E-state index in [-0.39, 0.29) is 12.5 Å². The Hall–Kier alpha value is -2.34. The number of anilines is 1. The number of hydrogen-bond donors (Lipinski definition) is 2. The van der Waals surface area contributed by atoms with E-state index in [1.165, 1.54) is 11.3 Å². The highest BCUT2D eigenvalue weighted by Gasteiger charge is 2.16. The van der Waals surface area contributed by atoms with Crippen molar-refractivity contribution in [2.75, 3.05) is 5.32 Å². The Morgan fingerprint density at radius 3 is 2.62 bits per heavy atom. The first kappa shape index (κ1) is 15.1. The molecule has 0 bridgehead atoms. The lowest BCUT2D eigenvalue weighted by Gasteiger charge is -2.13. The highest BCUT2D eigenvalue weighted by molar-refractivity contribution is 7.14. The number of amides is 2. The Bertz CT molecular complexity index is 584. The van der Waals surface area contributed by atoms with Gasteiger partial charge in [-0.3, -0.25) is 4.79 Å². The van der Waals surface area contributed by atoms with Crippen molar-refractivity contribution >= 4 is 28.3 Å². The molecule has 1 aromatic carbocycles. The average molecular weight is 304 g/mol. The molecule has 110 valence electrons. The first-order valence-corrected chi connectivity index (χ1v) is 7.34. The quantitative estimate of drug-likeness (QED) is 0.892. The molecule has 0 saturated heterocycles. The van der Waals surface area contributed by atoms with E-state index in [0.29, 0.717) is 0 Å². The minimum Gasteiger partial charge on any atom is -0.445 e. The van der Waals surface area contributed by atoms with Crippen LogP contribution in [0.1, 0.15) is 12.5 Å². The third-order valence-electron chi connectivity index (χ3n) is 2.71. The van der Waals surface area contributed by atoms with Gasteiger partial charge >= 0.3 is 6.09 Å². The summed E-state index contributed by atoms with van der Waals surface area (Å²) in [7, 11) is 0. The lowest BCUT2D eigenvalue weighted by atomic mass is 10.2. The van der Waals surface area contributed by atoms with Gasteiger partial charge in [0.05, 0.1) is 5.00 Å². The molecule has 0 saturated carbocycles. The molecule has 0 fully saturated rings. The maximum absolute atomic E-state index is 11.8. The van der Waals surface area contributed by atoms with Crippen LogP contribution >= 0.6 is 11.3 Å². The summed E-state index contributed by atoms with van der Waals surface area (Å²) >= 11 is 1.42. The summed E-state index contributed by atoms with van der Waals surface area (Å²) in [6, 6.07) is 12.3. The van der Waals surface area contributed by atoms with Crippen molar-refractivity contribution < 1.29 is 14.3 Å². The van der Waals surface area contributed by atoms with Crippen molar-refractivity contribution in [2.45, 2.75) is 19.6 Å². The third kappa shape index (κ3) is 4.92. The zero-order valence-corrected chi connectivity index (χ0v) is 12.4. The van der Waals surface area contributed by atoms with Crippen molar-refractivity contribution in [2.24, 2.45) is 0 Å². The van der Waals surface area contributed by atoms with Crippen LogP contribution in [0.2, 0.25) is 0 Å². The van der Waals surface area contributed by atoms with E-state index < -0.39 is 12.1 Å². The molecule has 0 aliphatic heterocycles. The average Bonchev–Trinajstić information content (AvgIpc) is 2.99. The predicted molar refractivity (Wildman–Crippen MR) is 82.2 cm³/mol. The van der Waals surface area contributed by atoms with E-state index in [0.717, 1.165) is 10.6 Å². The van der Waals surface area contributed by atoms with Gasteiger partial charge in [-0.2, -0.15) is 0 Å². The second-order valence-corrected chi connectivity index (χ2v) is 5.34. The molecule has 0 unspecified atom stereocenters. The number of thiophene rings is 1. The van der Waals surface area contributed by atoms with Crippen molar-refractivity contribution in [1.82, 2.24) is 5.32 Å². The fourth-order valence-corrected chi connectivity index (χ4v) is 2.21. The zero-order valence-electron chi connectivity index (χ0n) is 11.5. The summed E-state index contributed by atoms with van der Waals surface area (Å²) in [5.74, 6) is -0.283. The molecule has 21 heavy (non-hydrogen) atoms. The minimum absolute atomic E-state index is 0.173. The largest absolute Gasteiger partial charge is 0.445 e. The molecule has 1 atom stereocenters. The van der Waals surface area contributed by atoms with Crippen LogP contribution in [0.25, 0.3) is 0 Å². The summed E-state index contributed by atoms with van der Waals surface area (Å²) in [6.07, 6.45) is -0.618. The van der Waals surface area contributed by atoms with Gasteiger partial charge in [0.1, 0.15) is 12.6 Å².